The van der Waals surface area contributed by atoms with Crippen molar-refractivity contribution in [2.24, 2.45) is 0 Å². The molecule has 6 nitrogen and oxygen atoms in total. The number of hydrogen-bond donors (Lipinski definition) is 0. The van der Waals surface area contributed by atoms with Gasteiger partial charge in [0.2, 0.25) is 0 Å². The Hall–Kier alpha value is -2.15. The second-order valence-corrected chi connectivity index (χ2v) is 8.40. The highest BCUT2D eigenvalue weighted by atomic mass is 35.5. The van der Waals surface area contributed by atoms with Crippen molar-refractivity contribution in [3.8, 4) is 0 Å². The van der Waals surface area contributed by atoms with Gasteiger partial charge in [-0.3, -0.25) is 4.90 Å². The number of nitrogens with zero attached hydrogens (tertiary/aromatic N) is 5. The monoisotopic (exact) mass is 411 g/mol. The fourth-order valence-electron chi connectivity index (χ4n) is 4.37. The van der Waals surface area contributed by atoms with Gasteiger partial charge < -0.3 is 9.64 Å². The topological polar surface area (TPSA) is 45.9 Å². The van der Waals surface area contributed by atoms with Crippen LogP contribution in [0.4, 0.5) is 5.69 Å². The standard InChI is InChI=1S/C22H26ClN5O/c23-19-5-1-3-17(13-19)14-26-8-2-4-18(15-26)22-24-21-7-6-20(16-28(21)25-22)27-9-11-29-12-10-27/h1,3,5-7,13,16,18H,2,4,8-12,14-15H2/t18-/m0/s1. The maximum atomic E-state index is 6.15. The largest absolute Gasteiger partial charge is 0.378 e. The van der Waals surface area contributed by atoms with E-state index in [1.807, 2.05) is 16.6 Å². The first-order valence-electron chi connectivity index (χ1n) is 10.4. The summed E-state index contributed by atoms with van der Waals surface area (Å²) in [5, 5.41) is 5.65. The molecule has 152 valence electrons. The van der Waals surface area contributed by atoms with Crippen LogP contribution in [-0.4, -0.2) is 58.9 Å². The molecule has 0 aliphatic carbocycles. The van der Waals surface area contributed by atoms with Crippen LogP contribution in [0.5, 0.6) is 0 Å². The van der Waals surface area contributed by atoms with E-state index in [0.717, 1.165) is 68.9 Å². The lowest BCUT2D eigenvalue weighted by molar-refractivity contribution is 0.122. The lowest BCUT2D eigenvalue weighted by Gasteiger charge is -2.31. The molecule has 0 spiro atoms. The van der Waals surface area contributed by atoms with Crippen LogP contribution < -0.4 is 4.90 Å². The number of ether oxygens (including phenoxy) is 1. The summed E-state index contributed by atoms with van der Waals surface area (Å²) >= 11 is 6.15. The number of benzene rings is 1. The maximum Gasteiger partial charge on any atom is 0.156 e. The summed E-state index contributed by atoms with van der Waals surface area (Å²) in [5.74, 6) is 1.33. The second-order valence-electron chi connectivity index (χ2n) is 7.96. The van der Waals surface area contributed by atoms with Crippen molar-refractivity contribution in [3.63, 3.8) is 0 Å². The Labute approximate surface area is 176 Å². The van der Waals surface area contributed by atoms with E-state index >= 15 is 0 Å². The van der Waals surface area contributed by atoms with Crippen molar-refractivity contribution >= 4 is 22.9 Å². The molecule has 1 aromatic carbocycles. The van der Waals surface area contributed by atoms with E-state index < -0.39 is 0 Å². The molecule has 0 radical (unpaired) electrons. The first kappa shape index (κ1) is 18.9. The molecule has 5 rings (SSSR count). The normalized spacial score (nSPS) is 21.0. The van der Waals surface area contributed by atoms with Crippen LogP contribution in [0.15, 0.2) is 42.6 Å². The van der Waals surface area contributed by atoms with Crippen molar-refractivity contribution in [1.82, 2.24) is 19.5 Å². The van der Waals surface area contributed by atoms with Crippen LogP contribution in [-0.2, 0) is 11.3 Å². The predicted octanol–water partition coefficient (Wildman–Crippen LogP) is 3.60. The van der Waals surface area contributed by atoms with Crippen LogP contribution in [0.25, 0.3) is 5.65 Å². The smallest absolute Gasteiger partial charge is 0.156 e. The average Bonchev–Trinajstić information content (AvgIpc) is 3.18. The lowest BCUT2D eigenvalue weighted by Crippen LogP contribution is -2.36. The fraction of sp³-hybridized carbons (Fsp3) is 0.455. The summed E-state index contributed by atoms with van der Waals surface area (Å²) in [7, 11) is 0. The molecule has 0 amide bonds. The molecule has 3 aromatic rings. The van der Waals surface area contributed by atoms with Crippen molar-refractivity contribution in [2.45, 2.75) is 25.3 Å². The van der Waals surface area contributed by atoms with Gasteiger partial charge >= 0.3 is 0 Å². The third-order valence-electron chi connectivity index (χ3n) is 5.87. The third kappa shape index (κ3) is 4.25. The summed E-state index contributed by atoms with van der Waals surface area (Å²) in [6.45, 7) is 6.43. The highest BCUT2D eigenvalue weighted by Crippen LogP contribution is 2.27. The van der Waals surface area contributed by atoms with Gasteiger partial charge in [0, 0.05) is 37.1 Å². The number of piperidine rings is 1. The molecule has 0 N–H and O–H groups in total. The molecule has 2 saturated heterocycles. The van der Waals surface area contributed by atoms with Crippen LogP contribution in [0.2, 0.25) is 5.02 Å². The molecule has 7 heteroatoms. The van der Waals surface area contributed by atoms with E-state index in [1.165, 1.54) is 17.7 Å². The van der Waals surface area contributed by atoms with Crippen molar-refractivity contribution in [2.75, 3.05) is 44.3 Å². The molecule has 2 aromatic heterocycles. The van der Waals surface area contributed by atoms with Crippen molar-refractivity contribution in [3.05, 3.63) is 59.0 Å². The van der Waals surface area contributed by atoms with Gasteiger partial charge in [-0.2, -0.15) is 5.10 Å². The number of rotatable bonds is 4. The van der Waals surface area contributed by atoms with E-state index in [9.17, 15) is 0 Å². The molecular formula is C22H26ClN5O. The minimum atomic E-state index is 0.370. The van der Waals surface area contributed by atoms with Gasteiger partial charge in [0.15, 0.2) is 11.5 Å². The molecule has 1 atom stereocenters. The van der Waals surface area contributed by atoms with E-state index in [4.69, 9.17) is 26.4 Å². The van der Waals surface area contributed by atoms with Gasteiger partial charge in [-0.1, -0.05) is 23.7 Å². The van der Waals surface area contributed by atoms with Gasteiger partial charge in [0.25, 0.3) is 0 Å². The summed E-state index contributed by atoms with van der Waals surface area (Å²) in [5.41, 5.74) is 3.36. The van der Waals surface area contributed by atoms with E-state index in [2.05, 4.69) is 40.3 Å². The zero-order valence-electron chi connectivity index (χ0n) is 16.5. The van der Waals surface area contributed by atoms with Crippen molar-refractivity contribution in [1.29, 1.82) is 0 Å². The zero-order valence-corrected chi connectivity index (χ0v) is 17.3. The van der Waals surface area contributed by atoms with E-state index in [-0.39, 0.29) is 0 Å². The number of aromatic nitrogens is 3. The highest BCUT2D eigenvalue weighted by molar-refractivity contribution is 6.30. The van der Waals surface area contributed by atoms with Crippen LogP contribution in [0, 0.1) is 0 Å². The predicted molar refractivity (Wildman–Crippen MR) is 115 cm³/mol. The second kappa shape index (κ2) is 8.30. The Bertz CT molecular complexity index is 984. The first-order valence-corrected chi connectivity index (χ1v) is 10.8. The molecule has 0 saturated carbocycles. The fourth-order valence-corrected chi connectivity index (χ4v) is 4.59. The number of fused-ring (bicyclic) bond motifs is 1. The number of anilines is 1. The quantitative estimate of drug-likeness (QED) is 0.656. The number of morpholine rings is 1. The molecule has 4 heterocycles. The van der Waals surface area contributed by atoms with Gasteiger partial charge in [0.1, 0.15) is 0 Å². The van der Waals surface area contributed by atoms with Crippen LogP contribution >= 0.6 is 11.6 Å². The van der Waals surface area contributed by atoms with Gasteiger partial charge in [-0.15, -0.1) is 0 Å². The number of halogens is 1. The summed E-state index contributed by atoms with van der Waals surface area (Å²) in [6, 6.07) is 12.4. The molecule has 29 heavy (non-hydrogen) atoms. The third-order valence-corrected chi connectivity index (χ3v) is 6.11. The minimum Gasteiger partial charge on any atom is -0.378 e. The number of pyridine rings is 1. The molecular weight excluding hydrogens is 386 g/mol. The van der Waals surface area contributed by atoms with Gasteiger partial charge in [-0.05, 0) is 49.2 Å². The lowest BCUT2D eigenvalue weighted by atomic mass is 9.97. The van der Waals surface area contributed by atoms with Gasteiger partial charge in [0.05, 0.1) is 25.1 Å². The van der Waals surface area contributed by atoms with E-state index in [1.54, 1.807) is 0 Å². The van der Waals surface area contributed by atoms with Crippen molar-refractivity contribution < 1.29 is 4.74 Å². The Morgan fingerprint density at radius 2 is 2.00 bits per heavy atom. The first-order chi connectivity index (χ1) is 14.2. The zero-order chi connectivity index (χ0) is 19.6. The Balaban J connectivity index is 1.31. The minimum absolute atomic E-state index is 0.370. The Morgan fingerprint density at radius 3 is 2.86 bits per heavy atom. The average molecular weight is 412 g/mol. The summed E-state index contributed by atoms with van der Waals surface area (Å²) < 4.78 is 7.40. The Morgan fingerprint density at radius 1 is 1.10 bits per heavy atom. The number of likely N-dealkylation sites (tertiary alicyclic amines) is 1. The SMILES string of the molecule is Clc1cccc(CN2CCC[C@H](c3nc4ccc(N5CCOCC5)cn4n3)C2)c1. The summed E-state index contributed by atoms with van der Waals surface area (Å²) in [6.07, 6.45) is 4.41. The highest BCUT2D eigenvalue weighted by Gasteiger charge is 2.25. The summed E-state index contributed by atoms with van der Waals surface area (Å²) in [4.78, 5) is 9.67. The molecule has 2 fully saturated rings. The van der Waals surface area contributed by atoms with Gasteiger partial charge in [-0.25, -0.2) is 9.50 Å². The Kier molecular flexibility index (Phi) is 5.40. The maximum absolute atomic E-state index is 6.15. The van der Waals surface area contributed by atoms with Crippen LogP contribution in [0.1, 0.15) is 30.1 Å². The molecule has 0 bridgehead atoms. The number of hydrogen-bond acceptors (Lipinski definition) is 5. The van der Waals surface area contributed by atoms with E-state index in [0.29, 0.717) is 5.92 Å². The molecule has 0 unspecified atom stereocenters. The van der Waals surface area contributed by atoms with Crippen LogP contribution in [0.3, 0.4) is 0 Å². The molecule has 2 aliphatic heterocycles. The molecule has 2 aliphatic rings.